The zero-order valence-corrected chi connectivity index (χ0v) is 14.3. The van der Waals surface area contributed by atoms with Gasteiger partial charge in [-0.05, 0) is 44.3 Å². The molecule has 0 radical (unpaired) electrons. The third-order valence-electron chi connectivity index (χ3n) is 4.80. The third-order valence-corrected chi connectivity index (χ3v) is 4.80. The van der Waals surface area contributed by atoms with E-state index in [4.69, 9.17) is 10.5 Å². The Labute approximate surface area is 142 Å². The van der Waals surface area contributed by atoms with Crippen LogP contribution < -0.4 is 11.1 Å². The summed E-state index contributed by atoms with van der Waals surface area (Å²) < 4.78 is 5.90. The quantitative estimate of drug-likeness (QED) is 0.730. The zero-order chi connectivity index (χ0) is 17.1. The van der Waals surface area contributed by atoms with E-state index in [1.54, 1.807) is 0 Å². The number of aromatic nitrogens is 1. The second-order valence-corrected chi connectivity index (χ2v) is 6.51. The van der Waals surface area contributed by atoms with Crippen LogP contribution in [0.15, 0.2) is 24.4 Å². The Morgan fingerprint density at radius 1 is 1.54 bits per heavy atom. The summed E-state index contributed by atoms with van der Waals surface area (Å²) in [6.07, 6.45) is 6.43. The predicted octanol–water partition coefficient (Wildman–Crippen LogP) is 1.44. The molecule has 2 aliphatic heterocycles. The summed E-state index contributed by atoms with van der Waals surface area (Å²) in [7, 11) is 2.12. The van der Waals surface area contributed by atoms with Gasteiger partial charge in [-0.2, -0.15) is 0 Å². The second-order valence-electron chi connectivity index (χ2n) is 6.51. The normalized spacial score (nSPS) is 25.8. The van der Waals surface area contributed by atoms with Gasteiger partial charge in [-0.25, -0.2) is 0 Å². The SMILES string of the molecule is C/C=C(\C=C/N)c1cc2c([nH]1)C(C[C@@H]1CN(C)CCO1)CNC2=O. The van der Waals surface area contributed by atoms with E-state index in [0.29, 0.717) is 6.54 Å². The van der Waals surface area contributed by atoms with E-state index in [1.165, 1.54) is 6.20 Å². The number of nitrogens with one attached hydrogen (secondary N) is 2. The van der Waals surface area contributed by atoms with Gasteiger partial charge in [0.1, 0.15) is 0 Å². The Kier molecular flexibility index (Phi) is 5.06. The molecule has 1 aromatic heterocycles. The van der Waals surface area contributed by atoms with Crippen LogP contribution >= 0.6 is 0 Å². The molecule has 6 heteroatoms. The lowest BCUT2D eigenvalue weighted by Gasteiger charge is -2.33. The maximum atomic E-state index is 12.2. The van der Waals surface area contributed by atoms with Gasteiger partial charge in [0.2, 0.25) is 0 Å². The highest BCUT2D eigenvalue weighted by molar-refractivity contribution is 5.98. The van der Waals surface area contributed by atoms with Crippen molar-refractivity contribution in [1.29, 1.82) is 0 Å². The largest absolute Gasteiger partial charge is 0.405 e. The fraction of sp³-hybridized carbons (Fsp3) is 0.500. The summed E-state index contributed by atoms with van der Waals surface area (Å²) in [6.45, 7) is 5.29. The highest BCUT2D eigenvalue weighted by Gasteiger charge is 2.31. The van der Waals surface area contributed by atoms with Gasteiger partial charge in [0, 0.05) is 36.9 Å². The molecule has 130 valence electrons. The monoisotopic (exact) mass is 330 g/mol. The first-order valence-corrected chi connectivity index (χ1v) is 8.48. The predicted molar refractivity (Wildman–Crippen MR) is 94.7 cm³/mol. The van der Waals surface area contributed by atoms with Crippen LogP contribution in [0.4, 0.5) is 0 Å². The number of hydrogen-bond donors (Lipinski definition) is 3. The summed E-state index contributed by atoms with van der Waals surface area (Å²) in [5.41, 5.74) is 9.16. The van der Waals surface area contributed by atoms with Crippen molar-refractivity contribution in [2.45, 2.75) is 25.4 Å². The number of rotatable bonds is 4. The third kappa shape index (κ3) is 3.39. The minimum Gasteiger partial charge on any atom is -0.405 e. The minimum absolute atomic E-state index is 0.0161. The smallest absolute Gasteiger partial charge is 0.253 e. The van der Waals surface area contributed by atoms with Crippen LogP contribution in [-0.2, 0) is 4.74 Å². The molecule has 2 aliphatic rings. The lowest BCUT2D eigenvalue weighted by Crippen LogP contribution is -2.43. The van der Waals surface area contributed by atoms with E-state index in [-0.39, 0.29) is 17.9 Å². The average Bonchev–Trinajstić information content (AvgIpc) is 3.01. The van der Waals surface area contributed by atoms with E-state index in [2.05, 4.69) is 22.2 Å². The minimum atomic E-state index is -0.0161. The van der Waals surface area contributed by atoms with Crippen molar-refractivity contribution in [1.82, 2.24) is 15.2 Å². The van der Waals surface area contributed by atoms with Gasteiger partial charge in [-0.15, -0.1) is 0 Å². The Morgan fingerprint density at radius 2 is 2.38 bits per heavy atom. The standard InChI is InChI=1S/C18H26N4O2/c1-3-12(4-5-19)16-9-15-17(21-16)13(10-20-18(15)23)8-14-11-22(2)6-7-24-14/h3-5,9,13-14,21H,6-8,10-11,19H2,1-2H3,(H,20,23)/b5-4-,12-3+/t13?,14-/m1/s1. The van der Waals surface area contributed by atoms with Gasteiger partial charge >= 0.3 is 0 Å². The summed E-state index contributed by atoms with van der Waals surface area (Å²) >= 11 is 0. The molecule has 0 spiro atoms. The summed E-state index contributed by atoms with van der Waals surface area (Å²) in [6, 6.07) is 1.92. The van der Waals surface area contributed by atoms with Crippen molar-refractivity contribution in [2.75, 3.05) is 33.3 Å². The number of carbonyl (C=O) groups is 1. The van der Waals surface area contributed by atoms with Gasteiger partial charge in [-0.3, -0.25) is 4.79 Å². The number of carbonyl (C=O) groups excluding carboxylic acids is 1. The van der Waals surface area contributed by atoms with Crippen molar-refractivity contribution >= 4 is 11.5 Å². The van der Waals surface area contributed by atoms with Crippen LogP contribution in [0.25, 0.3) is 5.57 Å². The molecule has 24 heavy (non-hydrogen) atoms. The van der Waals surface area contributed by atoms with E-state index in [9.17, 15) is 4.79 Å². The lowest BCUT2D eigenvalue weighted by atomic mass is 9.91. The lowest BCUT2D eigenvalue weighted by molar-refractivity contribution is -0.0268. The van der Waals surface area contributed by atoms with E-state index in [1.807, 2.05) is 25.1 Å². The number of H-pyrrole nitrogens is 1. The molecular weight excluding hydrogens is 304 g/mol. The highest BCUT2D eigenvalue weighted by Crippen LogP contribution is 2.31. The number of hydrogen-bond acceptors (Lipinski definition) is 4. The van der Waals surface area contributed by atoms with Crippen LogP contribution in [0.2, 0.25) is 0 Å². The van der Waals surface area contributed by atoms with Crippen LogP contribution in [-0.4, -0.2) is 55.2 Å². The molecule has 1 aromatic rings. The first-order valence-electron chi connectivity index (χ1n) is 8.48. The molecule has 0 saturated carbocycles. The van der Waals surface area contributed by atoms with Crippen molar-refractivity contribution in [3.05, 3.63) is 41.4 Å². The molecule has 0 bridgehead atoms. The summed E-state index contributed by atoms with van der Waals surface area (Å²) in [4.78, 5) is 18.0. The van der Waals surface area contributed by atoms with Gasteiger partial charge in [0.25, 0.3) is 5.91 Å². The zero-order valence-electron chi connectivity index (χ0n) is 14.3. The molecule has 0 aromatic carbocycles. The maximum absolute atomic E-state index is 12.2. The van der Waals surface area contributed by atoms with Gasteiger partial charge in [0.15, 0.2) is 0 Å². The van der Waals surface area contributed by atoms with Crippen LogP contribution in [0.1, 0.15) is 41.0 Å². The van der Waals surface area contributed by atoms with E-state index < -0.39 is 0 Å². The van der Waals surface area contributed by atoms with Crippen LogP contribution in [0, 0.1) is 0 Å². The Hall–Kier alpha value is -2.05. The number of likely N-dealkylation sites (N-methyl/N-ethyl adjacent to an activating group) is 1. The van der Waals surface area contributed by atoms with Gasteiger partial charge in [0.05, 0.1) is 18.3 Å². The number of nitrogens with two attached hydrogens (primary N) is 1. The molecule has 3 rings (SSSR count). The maximum Gasteiger partial charge on any atom is 0.253 e. The molecular formula is C18H26N4O2. The Balaban J connectivity index is 1.84. The first-order chi connectivity index (χ1) is 11.6. The number of aromatic amines is 1. The van der Waals surface area contributed by atoms with Gasteiger partial charge < -0.3 is 25.7 Å². The summed E-state index contributed by atoms with van der Waals surface area (Å²) in [5.74, 6) is 0.223. The number of allylic oxidation sites excluding steroid dienone is 3. The van der Waals surface area contributed by atoms with Crippen molar-refractivity contribution in [3.8, 4) is 0 Å². The number of fused-ring (bicyclic) bond motifs is 1. The molecule has 2 atom stereocenters. The van der Waals surface area contributed by atoms with Gasteiger partial charge in [-0.1, -0.05) is 6.08 Å². The second kappa shape index (κ2) is 7.23. The van der Waals surface area contributed by atoms with E-state index in [0.717, 1.165) is 48.6 Å². The molecule has 3 heterocycles. The van der Waals surface area contributed by atoms with E-state index >= 15 is 0 Å². The molecule has 1 saturated heterocycles. The molecule has 0 aliphatic carbocycles. The average molecular weight is 330 g/mol. The Morgan fingerprint density at radius 3 is 3.08 bits per heavy atom. The molecule has 4 N–H and O–H groups in total. The highest BCUT2D eigenvalue weighted by atomic mass is 16.5. The van der Waals surface area contributed by atoms with Crippen LogP contribution in [0.3, 0.4) is 0 Å². The molecule has 6 nitrogen and oxygen atoms in total. The summed E-state index contributed by atoms with van der Waals surface area (Å²) in [5, 5.41) is 3.00. The van der Waals surface area contributed by atoms with Crippen molar-refractivity contribution in [2.24, 2.45) is 5.73 Å². The molecule has 1 fully saturated rings. The van der Waals surface area contributed by atoms with Crippen molar-refractivity contribution < 1.29 is 9.53 Å². The fourth-order valence-electron chi connectivity index (χ4n) is 3.52. The topological polar surface area (TPSA) is 83.4 Å². The number of amides is 1. The number of morpholine rings is 1. The van der Waals surface area contributed by atoms with Crippen molar-refractivity contribution in [3.63, 3.8) is 0 Å². The first kappa shape index (κ1) is 16.8. The molecule has 1 unspecified atom stereocenters. The Bertz CT molecular complexity index is 662. The number of nitrogens with zero attached hydrogens (tertiary/aromatic N) is 1. The number of ether oxygens (including phenoxy) is 1. The fourth-order valence-corrected chi connectivity index (χ4v) is 3.52. The molecule has 1 amide bonds. The van der Waals surface area contributed by atoms with Crippen LogP contribution in [0.5, 0.6) is 0 Å².